The van der Waals surface area contributed by atoms with Crippen molar-refractivity contribution in [3.63, 3.8) is 0 Å². The summed E-state index contributed by atoms with van der Waals surface area (Å²) in [6, 6.07) is 5.87. The number of aliphatic carboxylic acids is 1. The van der Waals surface area contributed by atoms with Gasteiger partial charge in [0.05, 0.1) is 12.6 Å². The molecule has 2 heterocycles. The Hall–Kier alpha value is -2.59. The number of Topliss-reactive ketones (excluding diaryl/α,β-unsaturated/α-hetero) is 1. The number of piperidine rings is 1. The average molecular weight is 460 g/mol. The quantitative estimate of drug-likeness (QED) is 0.556. The number of carbonyl (C=O) groups excluding carboxylic acids is 1. The van der Waals surface area contributed by atoms with Gasteiger partial charge < -0.3 is 5.11 Å². The van der Waals surface area contributed by atoms with Crippen molar-refractivity contribution in [2.75, 3.05) is 13.1 Å². The third-order valence-electron chi connectivity index (χ3n) is 5.85. The number of nitrogens with zero attached hydrogens (tertiary/aromatic N) is 5. The maximum absolute atomic E-state index is 14.6. The number of benzene rings is 1. The highest BCUT2D eigenvalue weighted by Crippen LogP contribution is 2.39. The van der Waals surface area contributed by atoms with E-state index in [-0.39, 0.29) is 29.2 Å². The molecule has 10 heteroatoms. The van der Waals surface area contributed by atoms with Crippen molar-refractivity contribution in [3.05, 3.63) is 47.0 Å². The molecule has 2 aromatic rings. The Morgan fingerprint density at radius 3 is 2.78 bits per heavy atom. The van der Waals surface area contributed by atoms with Crippen LogP contribution in [0.4, 0.5) is 4.39 Å². The number of thiol groups is 1. The molecule has 0 spiro atoms. The fourth-order valence-corrected chi connectivity index (χ4v) is 4.29. The molecule has 32 heavy (non-hydrogen) atoms. The Morgan fingerprint density at radius 2 is 2.06 bits per heavy atom. The van der Waals surface area contributed by atoms with Gasteiger partial charge in [-0.2, -0.15) is 17.4 Å². The van der Waals surface area contributed by atoms with Crippen LogP contribution in [-0.4, -0.2) is 60.3 Å². The molecule has 1 N–H and O–H groups in total. The van der Waals surface area contributed by atoms with Gasteiger partial charge in [0, 0.05) is 36.2 Å². The van der Waals surface area contributed by atoms with Gasteiger partial charge in [-0.1, -0.05) is 18.2 Å². The van der Waals surface area contributed by atoms with E-state index in [0.717, 1.165) is 18.4 Å². The summed E-state index contributed by atoms with van der Waals surface area (Å²) in [5.41, 5.74) is 1.36. The standard InChI is InChI=1S/C22H26FN5O3S/c23-17-5-2-1-4-16(17)21(22(31)14-7-8-14)27-11-9-18(32)15(13-27)12-19-24-26-28(25-19)10-3-6-20(29)30/h1-2,4-5,12,14,18,21,32H,3,6-11,13H2,(H,29,30). The summed E-state index contributed by atoms with van der Waals surface area (Å²) in [5, 5.41) is 21.0. The maximum atomic E-state index is 14.6. The predicted molar refractivity (Wildman–Crippen MR) is 118 cm³/mol. The first-order valence-corrected chi connectivity index (χ1v) is 11.3. The third kappa shape index (κ3) is 5.42. The van der Waals surface area contributed by atoms with Gasteiger partial charge in [0.1, 0.15) is 5.82 Å². The molecule has 2 aliphatic rings. The number of halogens is 1. The molecular formula is C22H26FN5O3S. The molecule has 1 aromatic carbocycles. The Morgan fingerprint density at radius 1 is 1.28 bits per heavy atom. The molecule has 1 aromatic heterocycles. The minimum atomic E-state index is -0.863. The van der Waals surface area contributed by atoms with Crippen molar-refractivity contribution in [2.24, 2.45) is 5.92 Å². The minimum absolute atomic E-state index is 0.00753. The van der Waals surface area contributed by atoms with Crippen LogP contribution in [0.2, 0.25) is 0 Å². The molecule has 1 saturated heterocycles. The molecule has 170 valence electrons. The lowest BCUT2D eigenvalue weighted by Gasteiger charge is -2.37. The van der Waals surface area contributed by atoms with Gasteiger partial charge in [0.25, 0.3) is 0 Å². The van der Waals surface area contributed by atoms with Crippen LogP contribution >= 0.6 is 12.6 Å². The molecular weight excluding hydrogens is 433 g/mol. The van der Waals surface area contributed by atoms with Crippen molar-refractivity contribution in [2.45, 2.75) is 49.9 Å². The number of rotatable bonds is 9. The Balaban J connectivity index is 1.52. The highest BCUT2D eigenvalue weighted by atomic mass is 32.1. The van der Waals surface area contributed by atoms with E-state index in [0.29, 0.717) is 43.9 Å². The summed E-state index contributed by atoms with van der Waals surface area (Å²) in [6.45, 7) is 1.46. The number of aromatic nitrogens is 4. The molecule has 2 fully saturated rings. The van der Waals surface area contributed by atoms with Gasteiger partial charge in [-0.15, -0.1) is 10.2 Å². The third-order valence-corrected chi connectivity index (χ3v) is 6.44. The summed E-state index contributed by atoms with van der Waals surface area (Å²) < 4.78 is 14.6. The van der Waals surface area contributed by atoms with Gasteiger partial charge in [0.15, 0.2) is 11.6 Å². The van der Waals surface area contributed by atoms with E-state index in [1.807, 2.05) is 11.0 Å². The minimum Gasteiger partial charge on any atom is -0.481 e. The van der Waals surface area contributed by atoms with Crippen molar-refractivity contribution >= 4 is 30.5 Å². The number of ketones is 1. The average Bonchev–Trinajstić information content (AvgIpc) is 3.52. The van der Waals surface area contributed by atoms with E-state index in [9.17, 15) is 14.0 Å². The van der Waals surface area contributed by atoms with Crippen LogP contribution in [0.1, 0.15) is 49.5 Å². The van der Waals surface area contributed by atoms with Gasteiger partial charge in [-0.25, -0.2) is 4.39 Å². The molecule has 1 aliphatic heterocycles. The highest BCUT2D eigenvalue weighted by molar-refractivity contribution is 7.81. The van der Waals surface area contributed by atoms with Crippen LogP contribution in [0, 0.1) is 11.7 Å². The van der Waals surface area contributed by atoms with E-state index in [1.165, 1.54) is 10.9 Å². The molecule has 1 saturated carbocycles. The van der Waals surface area contributed by atoms with Crippen molar-refractivity contribution in [1.82, 2.24) is 25.1 Å². The van der Waals surface area contributed by atoms with Crippen LogP contribution in [0.3, 0.4) is 0 Å². The lowest BCUT2D eigenvalue weighted by atomic mass is 9.93. The molecule has 0 amide bonds. The largest absolute Gasteiger partial charge is 0.481 e. The number of likely N-dealkylation sites (tertiary alicyclic amines) is 1. The van der Waals surface area contributed by atoms with Crippen LogP contribution in [0.5, 0.6) is 0 Å². The smallest absolute Gasteiger partial charge is 0.303 e. The molecule has 0 bridgehead atoms. The van der Waals surface area contributed by atoms with Crippen LogP contribution in [0.15, 0.2) is 29.8 Å². The fraction of sp³-hybridized carbons (Fsp3) is 0.500. The maximum Gasteiger partial charge on any atom is 0.303 e. The molecule has 2 atom stereocenters. The summed E-state index contributed by atoms with van der Waals surface area (Å²) in [4.78, 5) is 27.2. The number of carboxylic acid groups (broad SMARTS) is 1. The second-order valence-electron chi connectivity index (χ2n) is 8.34. The molecule has 1 aliphatic carbocycles. The monoisotopic (exact) mass is 459 g/mol. The first kappa shape index (κ1) is 22.6. The summed E-state index contributed by atoms with van der Waals surface area (Å²) in [5.74, 6) is -0.733. The zero-order chi connectivity index (χ0) is 22.7. The van der Waals surface area contributed by atoms with E-state index >= 15 is 0 Å². The first-order chi connectivity index (χ1) is 15.4. The molecule has 0 radical (unpaired) electrons. The van der Waals surface area contributed by atoms with Gasteiger partial charge in [0.2, 0.25) is 0 Å². The number of carboxylic acids is 1. The normalized spacial score (nSPS) is 21.6. The summed E-state index contributed by atoms with van der Waals surface area (Å²) in [7, 11) is 0. The topological polar surface area (TPSA) is 101 Å². The van der Waals surface area contributed by atoms with E-state index < -0.39 is 12.0 Å². The van der Waals surface area contributed by atoms with Crippen molar-refractivity contribution in [3.8, 4) is 0 Å². The summed E-state index contributed by atoms with van der Waals surface area (Å²) >= 11 is 4.69. The van der Waals surface area contributed by atoms with Crippen molar-refractivity contribution in [1.29, 1.82) is 0 Å². The SMILES string of the molecule is O=C(O)CCCn1nnc(C=C2CN(C(C(=O)C3CC3)c3ccccc3F)CCC2S)n1. The zero-order valence-electron chi connectivity index (χ0n) is 17.6. The van der Waals surface area contributed by atoms with Crippen LogP contribution in [-0.2, 0) is 16.1 Å². The second-order valence-corrected chi connectivity index (χ2v) is 8.96. The lowest BCUT2D eigenvalue weighted by molar-refractivity contribution is -0.137. The molecule has 4 rings (SSSR count). The first-order valence-electron chi connectivity index (χ1n) is 10.8. The van der Waals surface area contributed by atoms with Crippen molar-refractivity contribution < 1.29 is 19.1 Å². The molecule has 2 unspecified atom stereocenters. The van der Waals surface area contributed by atoms with E-state index in [4.69, 9.17) is 17.7 Å². The Kier molecular flexibility index (Phi) is 7.00. The highest BCUT2D eigenvalue weighted by Gasteiger charge is 2.40. The Labute approximate surface area is 190 Å². The van der Waals surface area contributed by atoms with Gasteiger partial charge in [-0.05, 0) is 48.6 Å². The second kappa shape index (κ2) is 9.91. The number of aryl methyl sites for hydroxylation is 1. The van der Waals surface area contributed by atoms with Gasteiger partial charge >= 0.3 is 5.97 Å². The molecule has 8 nitrogen and oxygen atoms in total. The van der Waals surface area contributed by atoms with E-state index in [1.54, 1.807) is 18.2 Å². The van der Waals surface area contributed by atoms with Gasteiger partial charge in [-0.3, -0.25) is 14.5 Å². The van der Waals surface area contributed by atoms with Crippen LogP contribution < -0.4 is 0 Å². The summed E-state index contributed by atoms with van der Waals surface area (Å²) in [6.07, 6.45) is 4.71. The number of hydrogen-bond acceptors (Lipinski definition) is 7. The number of carbonyl (C=O) groups is 2. The van der Waals surface area contributed by atoms with E-state index in [2.05, 4.69) is 15.4 Å². The fourth-order valence-electron chi connectivity index (χ4n) is 4.02. The number of hydrogen-bond donors (Lipinski definition) is 2. The number of tetrazole rings is 1. The zero-order valence-corrected chi connectivity index (χ0v) is 18.5. The predicted octanol–water partition coefficient (Wildman–Crippen LogP) is 2.78. The Bertz CT molecular complexity index is 1020. The lowest BCUT2D eigenvalue weighted by Crippen LogP contribution is -2.42. The van der Waals surface area contributed by atoms with Crippen LogP contribution in [0.25, 0.3) is 6.08 Å².